The Morgan fingerprint density at radius 3 is 2.26 bits per heavy atom. The van der Waals surface area contributed by atoms with Gasteiger partial charge in [0.2, 0.25) is 0 Å². The number of halogens is 3. The van der Waals surface area contributed by atoms with Crippen molar-refractivity contribution in [2.24, 2.45) is 0 Å². The number of nitrogens with zero attached hydrogens (tertiary/aromatic N) is 5. The molecule has 0 aliphatic rings. The maximum Gasteiger partial charge on any atom is 0.431 e. The SMILES string of the molecule is CCCCc1nc(CCCC)n(Cc2ccc(-n3c(C#N)ccc3C(F)(F)F)cc2)n1. The van der Waals surface area contributed by atoms with Crippen LogP contribution in [0.5, 0.6) is 0 Å². The van der Waals surface area contributed by atoms with Crippen LogP contribution >= 0.6 is 0 Å². The second kappa shape index (κ2) is 9.82. The number of hydrogen-bond donors (Lipinski definition) is 0. The van der Waals surface area contributed by atoms with Crippen LogP contribution in [0.3, 0.4) is 0 Å². The Hall–Kier alpha value is -3.08. The molecule has 0 saturated carbocycles. The summed E-state index contributed by atoms with van der Waals surface area (Å²) in [4.78, 5) is 4.69. The Labute approximate surface area is 180 Å². The number of nitriles is 1. The van der Waals surface area contributed by atoms with Crippen LogP contribution in [0.4, 0.5) is 13.2 Å². The van der Waals surface area contributed by atoms with Gasteiger partial charge in [-0.1, -0.05) is 38.8 Å². The van der Waals surface area contributed by atoms with E-state index < -0.39 is 11.9 Å². The van der Waals surface area contributed by atoms with Crippen molar-refractivity contribution >= 4 is 0 Å². The third-order valence-corrected chi connectivity index (χ3v) is 5.11. The highest BCUT2D eigenvalue weighted by Crippen LogP contribution is 2.33. The van der Waals surface area contributed by atoms with Gasteiger partial charge in [-0.05, 0) is 42.7 Å². The lowest BCUT2D eigenvalue weighted by molar-refractivity contribution is -0.142. The zero-order chi connectivity index (χ0) is 22.4. The molecule has 0 aliphatic carbocycles. The van der Waals surface area contributed by atoms with Crippen LogP contribution in [0.15, 0.2) is 36.4 Å². The molecular formula is C23H26F3N5. The average Bonchev–Trinajstić information content (AvgIpc) is 3.35. The van der Waals surface area contributed by atoms with Crippen molar-refractivity contribution in [1.82, 2.24) is 19.3 Å². The van der Waals surface area contributed by atoms with E-state index in [1.165, 1.54) is 6.07 Å². The minimum Gasteiger partial charge on any atom is -0.297 e. The highest BCUT2D eigenvalue weighted by molar-refractivity contribution is 5.44. The lowest BCUT2D eigenvalue weighted by atomic mass is 10.2. The van der Waals surface area contributed by atoms with Crippen LogP contribution < -0.4 is 0 Å². The second-order valence-corrected chi connectivity index (χ2v) is 7.52. The van der Waals surface area contributed by atoms with Gasteiger partial charge in [0.1, 0.15) is 23.3 Å². The van der Waals surface area contributed by atoms with Crippen LogP contribution in [-0.4, -0.2) is 19.3 Å². The summed E-state index contributed by atoms with van der Waals surface area (Å²) in [5.74, 6) is 1.78. The fourth-order valence-corrected chi connectivity index (χ4v) is 3.46. The molecule has 0 bridgehead atoms. The van der Waals surface area contributed by atoms with E-state index in [1.54, 1.807) is 24.3 Å². The van der Waals surface area contributed by atoms with E-state index in [9.17, 15) is 18.4 Å². The molecular weight excluding hydrogens is 403 g/mol. The first-order valence-electron chi connectivity index (χ1n) is 10.6. The van der Waals surface area contributed by atoms with Gasteiger partial charge < -0.3 is 0 Å². The molecule has 0 saturated heterocycles. The summed E-state index contributed by atoms with van der Waals surface area (Å²) in [6, 6.07) is 10.7. The summed E-state index contributed by atoms with van der Waals surface area (Å²) in [7, 11) is 0. The average molecular weight is 429 g/mol. The first-order chi connectivity index (χ1) is 14.9. The number of benzene rings is 1. The first kappa shape index (κ1) is 22.6. The Balaban J connectivity index is 1.86. The van der Waals surface area contributed by atoms with E-state index in [4.69, 9.17) is 0 Å². The molecule has 0 radical (unpaired) electrons. The molecule has 0 amide bonds. The van der Waals surface area contributed by atoms with E-state index in [0.717, 1.165) is 66.4 Å². The minimum atomic E-state index is -4.54. The zero-order valence-corrected chi connectivity index (χ0v) is 17.8. The van der Waals surface area contributed by atoms with Crippen LogP contribution in [0.25, 0.3) is 5.69 Å². The van der Waals surface area contributed by atoms with Gasteiger partial charge in [-0.2, -0.15) is 23.5 Å². The normalized spacial score (nSPS) is 11.6. The third-order valence-electron chi connectivity index (χ3n) is 5.11. The van der Waals surface area contributed by atoms with Crippen LogP contribution in [0.2, 0.25) is 0 Å². The van der Waals surface area contributed by atoms with E-state index in [1.807, 2.05) is 10.8 Å². The maximum absolute atomic E-state index is 13.3. The van der Waals surface area contributed by atoms with Gasteiger partial charge in [0.25, 0.3) is 0 Å². The van der Waals surface area contributed by atoms with Gasteiger partial charge in [-0.25, -0.2) is 9.67 Å². The number of hydrogen-bond acceptors (Lipinski definition) is 3. The molecule has 0 fully saturated rings. The number of aryl methyl sites for hydroxylation is 2. The summed E-state index contributed by atoms with van der Waals surface area (Å²) < 4.78 is 42.9. The smallest absolute Gasteiger partial charge is 0.297 e. The molecule has 3 aromatic rings. The van der Waals surface area contributed by atoms with Crippen molar-refractivity contribution in [3.05, 3.63) is 65.0 Å². The second-order valence-electron chi connectivity index (χ2n) is 7.52. The van der Waals surface area contributed by atoms with Gasteiger partial charge in [0.15, 0.2) is 5.82 Å². The quantitative estimate of drug-likeness (QED) is 0.439. The molecule has 2 aromatic heterocycles. The van der Waals surface area contributed by atoms with Crippen molar-refractivity contribution < 1.29 is 13.2 Å². The van der Waals surface area contributed by atoms with Crippen LogP contribution in [0, 0.1) is 11.3 Å². The topological polar surface area (TPSA) is 59.4 Å². The fraction of sp³-hybridized carbons (Fsp3) is 0.435. The summed E-state index contributed by atoms with van der Waals surface area (Å²) in [5.41, 5.74) is 0.285. The first-order valence-corrected chi connectivity index (χ1v) is 10.6. The lowest BCUT2D eigenvalue weighted by Gasteiger charge is -2.14. The molecule has 0 N–H and O–H groups in total. The van der Waals surface area contributed by atoms with Gasteiger partial charge >= 0.3 is 6.18 Å². The van der Waals surface area contributed by atoms with Crippen molar-refractivity contribution in [3.8, 4) is 11.8 Å². The number of unbranched alkanes of at least 4 members (excludes halogenated alkanes) is 2. The largest absolute Gasteiger partial charge is 0.431 e. The highest BCUT2D eigenvalue weighted by atomic mass is 19.4. The van der Waals surface area contributed by atoms with E-state index in [2.05, 4.69) is 23.9 Å². The molecule has 1 aromatic carbocycles. The molecule has 0 aliphatic heterocycles. The van der Waals surface area contributed by atoms with Gasteiger partial charge in [0.05, 0.1) is 6.54 Å². The molecule has 3 rings (SSSR count). The van der Waals surface area contributed by atoms with Crippen molar-refractivity contribution in [1.29, 1.82) is 5.26 Å². The number of alkyl halides is 3. The number of aromatic nitrogens is 4. The van der Waals surface area contributed by atoms with Gasteiger partial charge in [-0.3, -0.25) is 4.57 Å². The van der Waals surface area contributed by atoms with Gasteiger partial charge in [0, 0.05) is 18.5 Å². The summed E-state index contributed by atoms with van der Waals surface area (Å²) in [5, 5.41) is 13.9. The van der Waals surface area contributed by atoms with E-state index >= 15 is 0 Å². The van der Waals surface area contributed by atoms with Gasteiger partial charge in [-0.15, -0.1) is 0 Å². The predicted octanol–water partition coefficient (Wildman–Crippen LogP) is 5.69. The minimum absolute atomic E-state index is 0.0567. The molecule has 8 heteroatoms. The Morgan fingerprint density at radius 1 is 0.968 bits per heavy atom. The lowest BCUT2D eigenvalue weighted by Crippen LogP contribution is -2.13. The predicted molar refractivity (Wildman–Crippen MR) is 112 cm³/mol. The zero-order valence-electron chi connectivity index (χ0n) is 17.8. The Morgan fingerprint density at radius 2 is 1.65 bits per heavy atom. The molecule has 2 heterocycles. The molecule has 0 unspecified atom stereocenters. The number of rotatable bonds is 9. The summed E-state index contributed by atoms with van der Waals surface area (Å²) in [6.07, 6.45) is 1.33. The van der Waals surface area contributed by atoms with Crippen molar-refractivity contribution in [2.75, 3.05) is 0 Å². The monoisotopic (exact) mass is 429 g/mol. The summed E-state index contributed by atoms with van der Waals surface area (Å²) in [6.45, 7) is 4.76. The third kappa shape index (κ3) is 5.35. The maximum atomic E-state index is 13.3. The van der Waals surface area contributed by atoms with E-state index in [0.29, 0.717) is 12.2 Å². The molecule has 0 spiro atoms. The highest BCUT2D eigenvalue weighted by Gasteiger charge is 2.35. The van der Waals surface area contributed by atoms with Crippen LogP contribution in [0.1, 0.15) is 68.1 Å². The molecule has 0 atom stereocenters. The molecule has 31 heavy (non-hydrogen) atoms. The van der Waals surface area contributed by atoms with Crippen molar-refractivity contribution in [3.63, 3.8) is 0 Å². The molecule has 5 nitrogen and oxygen atoms in total. The van der Waals surface area contributed by atoms with Crippen molar-refractivity contribution in [2.45, 2.75) is 65.1 Å². The fourth-order valence-electron chi connectivity index (χ4n) is 3.46. The Kier molecular flexibility index (Phi) is 7.16. The standard InChI is InChI=1S/C23H26F3N5/c1-3-5-7-21-28-22(8-6-4-2)30(29-21)16-17-9-11-18(12-10-17)31-19(15-27)13-14-20(31)23(24,25)26/h9-14H,3-8,16H2,1-2H3. The Bertz CT molecular complexity index is 1040. The van der Waals surface area contributed by atoms with Crippen LogP contribution in [-0.2, 0) is 25.6 Å². The van der Waals surface area contributed by atoms with E-state index in [-0.39, 0.29) is 5.69 Å². The summed E-state index contributed by atoms with van der Waals surface area (Å²) >= 11 is 0. The molecule has 164 valence electrons.